The first kappa shape index (κ1) is 11.4. The highest BCUT2D eigenvalue weighted by atomic mass is 19.1. The number of halogens is 1. The fourth-order valence-electron chi connectivity index (χ4n) is 2.26. The van der Waals surface area contributed by atoms with Gasteiger partial charge in [0.25, 0.3) is 0 Å². The summed E-state index contributed by atoms with van der Waals surface area (Å²) in [7, 11) is 0. The second-order valence-electron chi connectivity index (χ2n) is 4.48. The fraction of sp³-hybridized carbons (Fsp3) is 0.538. The maximum atomic E-state index is 13.1. The van der Waals surface area contributed by atoms with Gasteiger partial charge < -0.3 is 10.4 Å². The number of phenols is 1. The summed E-state index contributed by atoms with van der Waals surface area (Å²) in [4.78, 5) is 0. The highest BCUT2D eigenvalue weighted by Gasteiger charge is 2.14. The van der Waals surface area contributed by atoms with Crippen LogP contribution in [0.3, 0.4) is 0 Å². The van der Waals surface area contributed by atoms with E-state index in [1.165, 1.54) is 37.5 Å². The van der Waals surface area contributed by atoms with Crippen LogP contribution in [0.5, 0.6) is 5.75 Å². The summed E-state index contributed by atoms with van der Waals surface area (Å²) in [6.07, 6.45) is 5.51. The van der Waals surface area contributed by atoms with Crippen LogP contribution in [0.2, 0.25) is 0 Å². The first-order valence-corrected chi connectivity index (χ1v) is 5.96. The van der Waals surface area contributed by atoms with Gasteiger partial charge in [-0.05, 0) is 49.6 Å². The van der Waals surface area contributed by atoms with Gasteiger partial charge in [0.05, 0.1) is 0 Å². The van der Waals surface area contributed by atoms with Gasteiger partial charge in [0.1, 0.15) is 11.6 Å². The van der Waals surface area contributed by atoms with Crippen LogP contribution >= 0.6 is 0 Å². The number of hydrogen-bond donors (Lipinski definition) is 2. The van der Waals surface area contributed by atoms with E-state index in [1.54, 1.807) is 0 Å². The summed E-state index contributed by atoms with van der Waals surface area (Å²) >= 11 is 0. The molecule has 0 bridgehead atoms. The molecule has 1 fully saturated rings. The average Bonchev–Trinajstić information content (AvgIpc) is 2.52. The zero-order valence-electron chi connectivity index (χ0n) is 9.38. The van der Waals surface area contributed by atoms with Crippen molar-refractivity contribution < 1.29 is 9.50 Å². The lowest BCUT2D eigenvalue weighted by atomic mass is 10.0. The van der Waals surface area contributed by atoms with Crippen molar-refractivity contribution in [2.24, 2.45) is 0 Å². The van der Waals surface area contributed by atoms with Gasteiger partial charge in [-0.15, -0.1) is 0 Å². The van der Waals surface area contributed by atoms with E-state index < -0.39 is 0 Å². The van der Waals surface area contributed by atoms with E-state index in [-0.39, 0.29) is 11.6 Å². The molecule has 16 heavy (non-hydrogen) atoms. The van der Waals surface area contributed by atoms with Crippen LogP contribution in [-0.2, 0) is 6.42 Å². The molecule has 2 nitrogen and oxygen atoms in total. The molecule has 0 aromatic heterocycles. The van der Waals surface area contributed by atoms with Crippen molar-refractivity contribution in [2.45, 2.75) is 38.1 Å². The van der Waals surface area contributed by atoms with Gasteiger partial charge >= 0.3 is 0 Å². The summed E-state index contributed by atoms with van der Waals surface area (Å²) in [5, 5.41) is 13.1. The molecule has 88 valence electrons. The lowest BCUT2D eigenvalue weighted by Crippen LogP contribution is -2.30. The molecule has 0 saturated carbocycles. The van der Waals surface area contributed by atoms with Crippen LogP contribution in [0, 0.1) is 5.82 Å². The molecule has 0 amide bonds. The number of benzene rings is 1. The molecular formula is C13H18FNO. The SMILES string of the molecule is Oc1ccc(F)cc1CC1CCCCCN1. The van der Waals surface area contributed by atoms with E-state index >= 15 is 0 Å². The molecule has 1 aliphatic rings. The van der Waals surface area contributed by atoms with Gasteiger partial charge in [-0.3, -0.25) is 0 Å². The van der Waals surface area contributed by atoms with Gasteiger partial charge in [0, 0.05) is 6.04 Å². The minimum absolute atomic E-state index is 0.201. The van der Waals surface area contributed by atoms with Gasteiger partial charge in [-0.2, -0.15) is 0 Å². The van der Waals surface area contributed by atoms with E-state index in [1.807, 2.05) is 0 Å². The minimum Gasteiger partial charge on any atom is -0.508 e. The zero-order chi connectivity index (χ0) is 11.4. The average molecular weight is 223 g/mol. The molecule has 0 radical (unpaired) electrons. The lowest BCUT2D eigenvalue weighted by Gasteiger charge is -2.16. The molecule has 1 unspecified atom stereocenters. The third-order valence-electron chi connectivity index (χ3n) is 3.17. The Hall–Kier alpha value is -1.09. The lowest BCUT2D eigenvalue weighted by molar-refractivity contribution is 0.449. The Labute approximate surface area is 95.5 Å². The number of nitrogens with one attached hydrogen (secondary N) is 1. The predicted molar refractivity (Wildman–Crippen MR) is 62.0 cm³/mol. The number of hydrogen-bond acceptors (Lipinski definition) is 2. The van der Waals surface area contributed by atoms with Crippen LogP contribution in [0.4, 0.5) is 4.39 Å². The molecule has 1 saturated heterocycles. The Morgan fingerprint density at radius 3 is 3.06 bits per heavy atom. The summed E-state index contributed by atoms with van der Waals surface area (Å²) in [6, 6.07) is 4.53. The minimum atomic E-state index is -0.276. The van der Waals surface area contributed by atoms with Crippen LogP contribution < -0.4 is 5.32 Å². The van der Waals surface area contributed by atoms with Crippen molar-refractivity contribution in [2.75, 3.05) is 6.54 Å². The quantitative estimate of drug-likeness (QED) is 0.807. The molecule has 1 aromatic carbocycles. The van der Waals surface area contributed by atoms with Crippen LogP contribution in [0.15, 0.2) is 18.2 Å². The van der Waals surface area contributed by atoms with E-state index in [2.05, 4.69) is 5.32 Å². The van der Waals surface area contributed by atoms with Gasteiger partial charge in [-0.1, -0.05) is 12.8 Å². The first-order chi connectivity index (χ1) is 7.75. The Morgan fingerprint density at radius 2 is 2.19 bits per heavy atom. The summed E-state index contributed by atoms with van der Waals surface area (Å²) < 4.78 is 13.1. The summed E-state index contributed by atoms with van der Waals surface area (Å²) in [5.74, 6) is -0.0751. The van der Waals surface area contributed by atoms with Gasteiger partial charge in [0.2, 0.25) is 0 Å². The van der Waals surface area contributed by atoms with E-state index in [0.717, 1.165) is 13.0 Å². The molecular weight excluding hydrogens is 205 g/mol. The van der Waals surface area contributed by atoms with E-state index in [4.69, 9.17) is 0 Å². The molecule has 1 aliphatic heterocycles. The van der Waals surface area contributed by atoms with Crippen LogP contribution in [-0.4, -0.2) is 17.7 Å². The van der Waals surface area contributed by atoms with Crippen LogP contribution in [0.1, 0.15) is 31.2 Å². The van der Waals surface area contributed by atoms with Crippen molar-refractivity contribution >= 4 is 0 Å². The molecule has 2 rings (SSSR count). The van der Waals surface area contributed by atoms with Crippen molar-refractivity contribution in [1.29, 1.82) is 0 Å². The van der Waals surface area contributed by atoms with Crippen molar-refractivity contribution in [3.8, 4) is 5.75 Å². The topological polar surface area (TPSA) is 32.3 Å². The molecule has 0 spiro atoms. The number of aromatic hydroxyl groups is 1. The van der Waals surface area contributed by atoms with Crippen LogP contribution in [0.25, 0.3) is 0 Å². The Kier molecular flexibility index (Phi) is 3.78. The number of phenolic OH excluding ortho intramolecular Hbond substituents is 1. The third kappa shape index (κ3) is 2.95. The van der Waals surface area contributed by atoms with E-state index in [0.29, 0.717) is 18.0 Å². The third-order valence-corrected chi connectivity index (χ3v) is 3.17. The predicted octanol–water partition coefficient (Wildman–Crippen LogP) is 2.61. The number of rotatable bonds is 2. The second kappa shape index (κ2) is 5.30. The zero-order valence-corrected chi connectivity index (χ0v) is 9.38. The standard InChI is InChI=1S/C13H18FNO/c14-11-5-6-13(16)10(8-11)9-12-4-2-1-3-7-15-12/h5-6,8,12,15-16H,1-4,7,9H2. The van der Waals surface area contributed by atoms with E-state index in [9.17, 15) is 9.50 Å². The fourth-order valence-corrected chi connectivity index (χ4v) is 2.26. The van der Waals surface area contributed by atoms with Gasteiger partial charge in [-0.25, -0.2) is 4.39 Å². The van der Waals surface area contributed by atoms with Crippen molar-refractivity contribution in [3.63, 3.8) is 0 Å². The molecule has 0 aliphatic carbocycles. The molecule has 1 heterocycles. The molecule has 3 heteroatoms. The maximum absolute atomic E-state index is 13.1. The normalized spacial score (nSPS) is 21.7. The summed E-state index contributed by atoms with van der Waals surface area (Å²) in [5.41, 5.74) is 0.708. The molecule has 1 atom stereocenters. The van der Waals surface area contributed by atoms with Crippen molar-refractivity contribution in [1.82, 2.24) is 5.32 Å². The summed E-state index contributed by atoms with van der Waals surface area (Å²) in [6.45, 7) is 1.03. The first-order valence-electron chi connectivity index (χ1n) is 5.96. The molecule has 1 aromatic rings. The second-order valence-corrected chi connectivity index (χ2v) is 4.48. The van der Waals surface area contributed by atoms with Gasteiger partial charge in [0.15, 0.2) is 0 Å². The highest BCUT2D eigenvalue weighted by Crippen LogP contribution is 2.21. The Balaban J connectivity index is 2.04. The van der Waals surface area contributed by atoms with Crippen molar-refractivity contribution in [3.05, 3.63) is 29.6 Å². The monoisotopic (exact) mass is 223 g/mol. The highest BCUT2D eigenvalue weighted by molar-refractivity contribution is 5.33. The Morgan fingerprint density at radius 1 is 1.31 bits per heavy atom. The maximum Gasteiger partial charge on any atom is 0.123 e. The Bertz CT molecular complexity index is 346. The smallest absolute Gasteiger partial charge is 0.123 e. The molecule has 2 N–H and O–H groups in total. The largest absolute Gasteiger partial charge is 0.508 e.